The highest BCUT2D eigenvalue weighted by atomic mass is 15.2. The van der Waals surface area contributed by atoms with Crippen LogP contribution in [0.15, 0.2) is 0 Å². The summed E-state index contributed by atoms with van der Waals surface area (Å²) in [6, 6.07) is 0. The molecule has 0 bridgehead atoms. The van der Waals surface area contributed by atoms with Crippen LogP contribution in [0.1, 0.15) is 71.1 Å². The van der Waals surface area contributed by atoms with Gasteiger partial charge in [0, 0.05) is 12.1 Å². The molecule has 0 spiro atoms. The van der Waals surface area contributed by atoms with E-state index < -0.39 is 0 Å². The van der Waals surface area contributed by atoms with Crippen LogP contribution >= 0.6 is 0 Å². The van der Waals surface area contributed by atoms with Crippen molar-refractivity contribution in [1.82, 2.24) is 4.90 Å². The molecule has 106 valence electrons. The summed E-state index contributed by atoms with van der Waals surface area (Å²) in [5.74, 6) is 0.988. The third-order valence-corrected chi connectivity index (χ3v) is 5.39. The van der Waals surface area contributed by atoms with Gasteiger partial charge in [-0.2, -0.15) is 0 Å². The van der Waals surface area contributed by atoms with Gasteiger partial charge in [0.25, 0.3) is 0 Å². The smallest absolute Gasteiger partial charge is 0.0331 e. The first kappa shape index (κ1) is 14.3. The average Bonchev–Trinajstić information content (AvgIpc) is 2.70. The summed E-state index contributed by atoms with van der Waals surface area (Å²) >= 11 is 0. The molecule has 2 aliphatic rings. The molecule has 0 atom stereocenters. The van der Waals surface area contributed by atoms with E-state index in [1.165, 1.54) is 77.3 Å². The van der Waals surface area contributed by atoms with Crippen LogP contribution < -0.4 is 5.73 Å². The van der Waals surface area contributed by atoms with Crippen molar-refractivity contribution >= 4 is 0 Å². The fourth-order valence-corrected chi connectivity index (χ4v) is 4.11. The Balaban J connectivity index is 1.94. The Hall–Kier alpha value is -0.0800. The van der Waals surface area contributed by atoms with Crippen molar-refractivity contribution in [1.29, 1.82) is 0 Å². The molecule has 2 nitrogen and oxygen atoms in total. The molecule has 0 radical (unpaired) electrons. The maximum Gasteiger partial charge on any atom is 0.0331 e. The first-order chi connectivity index (χ1) is 8.80. The summed E-state index contributed by atoms with van der Waals surface area (Å²) in [4.78, 5) is 2.77. The van der Waals surface area contributed by atoms with Gasteiger partial charge in [0.2, 0.25) is 0 Å². The number of hydrogen-bond acceptors (Lipinski definition) is 2. The van der Waals surface area contributed by atoms with E-state index in [2.05, 4.69) is 11.8 Å². The highest BCUT2D eigenvalue weighted by molar-refractivity contribution is 4.96. The SMILES string of the molecule is CCCC1CCC(CN)(N2CCCCCC2)CC1. The van der Waals surface area contributed by atoms with E-state index in [9.17, 15) is 0 Å². The van der Waals surface area contributed by atoms with Gasteiger partial charge in [-0.25, -0.2) is 0 Å². The van der Waals surface area contributed by atoms with Crippen LogP contribution in [-0.2, 0) is 0 Å². The lowest BCUT2D eigenvalue weighted by atomic mass is 9.74. The molecular formula is C16H32N2. The minimum atomic E-state index is 0.370. The molecular weight excluding hydrogens is 220 g/mol. The molecule has 0 unspecified atom stereocenters. The van der Waals surface area contributed by atoms with Gasteiger partial charge in [-0.15, -0.1) is 0 Å². The largest absolute Gasteiger partial charge is 0.329 e. The van der Waals surface area contributed by atoms with Gasteiger partial charge in [-0.05, 0) is 57.5 Å². The molecule has 18 heavy (non-hydrogen) atoms. The zero-order chi connectivity index (χ0) is 12.8. The van der Waals surface area contributed by atoms with Gasteiger partial charge in [-0.3, -0.25) is 4.90 Å². The second-order valence-electron chi connectivity index (χ2n) is 6.56. The third-order valence-electron chi connectivity index (χ3n) is 5.39. The van der Waals surface area contributed by atoms with E-state index in [-0.39, 0.29) is 0 Å². The Morgan fingerprint density at radius 2 is 1.67 bits per heavy atom. The molecule has 2 rings (SSSR count). The monoisotopic (exact) mass is 252 g/mol. The predicted molar refractivity (Wildman–Crippen MR) is 78.7 cm³/mol. The van der Waals surface area contributed by atoms with Gasteiger partial charge in [0.1, 0.15) is 0 Å². The van der Waals surface area contributed by atoms with E-state index >= 15 is 0 Å². The first-order valence-corrected chi connectivity index (χ1v) is 8.26. The van der Waals surface area contributed by atoms with E-state index in [0.29, 0.717) is 5.54 Å². The number of rotatable bonds is 4. The molecule has 0 aromatic heterocycles. The van der Waals surface area contributed by atoms with Crippen molar-refractivity contribution < 1.29 is 0 Å². The Bertz CT molecular complexity index is 223. The Labute approximate surface area is 113 Å². The molecule has 2 fully saturated rings. The van der Waals surface area contributed by atoms with Crippen LogP contribution in [0.4, 0.5) is 0 Å². The number of hydrogen-bond donors (Lipinski definition) is 1. The highest BCUT2D eigenvalue weighted by Gasteiger charge is 2.38. The van der Waals surface area contributed by atoms with Gasteiger partial charge < -0.3 is 5.73 Å². The summed E-state index contributed by atoms with van der Waals surface area (Å²) in [6.07, 6.45) is 14.0. The van der Waals surface area contributed by atoms with Crippen LogP contribution in [0.3, 0.4) is 0 Å². The topological polar surface area (TPSA) is 29.3 Å². The normalized spacial score (nSPS) is 35.3. The Kier molecular flexibility index (Phi) is 5.50. The van der Waals surface area contributed by atoms with Crippen LogP contribution in [0, 0.1) is 5.92 Å². The fourth-order valence-electron chi connectivity index (χ4n) is 4.11. The highest BCUT2D eigenvalue weighted by Crippen LogP contribution is 2.38. The standard InChI is InChI=1S/C16H32N2/c1-2-7-15-8-10-16(14-17,11-9-15)18-12-5-3-4-6-13-18/h15H,2-14,17H2,1H3. The minimum absolute atomic E-state index is 0.370. The Morgan fingerprint density at radius 3 is 2.17 bits per heavy atom. The number of likely N-dealkylation sites (tertiary alicyclic amines) is 1. The van der Waals surface area contributed by atoms with Crippen LogP contribution in [-0.4, -0.2) is 30.1 Å². The van der Waals surface area contributed by atoms with Crippen molar-refractivity contribution in [2.75, 3.05) is 19.6 Å². The second-order valence-corrected chi connectivity index (χ2v) is 6.56. The summed E-state index contributed by atoms with van der Waals surface area (Å²) in [5.41, 5.74) is 6.57. The fraction of sp³-hybridized carbons (Fsp3) is 1.00. The van der Waals surface area contributed by atoms with E-state index in [1.54, 1.807) is 0 Å². The summed E-state index contributed by atoms with van der Waals surface area (Å²) < 4.78 is 0. The van der Waals surface area contributed by atoms with Crippen LogP contribution in [0.5, 0.6) is 0 Å². The van der Waals surface area contributed by atoms with E-state index in [4.69, 9.17) is 5.73 Å². The minimum Gasteiger partial charge on any atom is -0.329 e. The molecule has 1 saturated heterocycles. The van der Waals surface area contributed by atoms with Crippen LogP contribution in [0.25, 0.3) is 0 Å². The van der Waals surface area contributed by atoms with Gasteiger partial charge in [-0.1, -0.05) is 32.6 Å². The zero-order valence-electron chi connectivity index (χ0n) is 12.3. The first-order valence-electron chi connectivity index (χ1n) is 8.26. The maximum atomic E-state index is 6.20. The van der Waals surface area contributed by atoms with Crippen molar-refractivity contribution in [2.24, 2.45) is 11.7 Å². The zero-order valence-corrected chi connectivity index (χ0v) is 12.3. The molecule has 1 aliphatic heterocycles. The summed E-state index contributed by atoms with van der Waals surface area (Å²) in [7, 11) is 0. The quantitative estimate of drug-likeness (QED) is 0.829. The number of nitrogens with two attached hydrogens (primary N) is 1. The van der Waals surface area contributed by atoms with Gasteiger partial charge in [0.05, 0.1) is 0 Å². The van der Waals surface area contributed by atoms with Crippen molar-refractivity contribution in [3.05, 3.63) is 0 Å². The van der Waals surface area contributed by atoms with Crippen molar-refractivity contribution in [3.63, 3.8) is 0 Å². The third kappa shape index (κ3) is 3.27. The van der Waals surface area contributed by atoms with Crippen molar-refractivity contribution in [3.8, 4) is 0 Å². The van der Waals surface area contributed by atoms with E-state index in [1.807, 2.05) is 0 Å². The summed E-state index contributed by atoms with van der Waals surface area (Å²) in [6.45, 7) is 5.80. The summed E-state index contributed by atoms with van der Waals surface area (Å²) in [5, 5.41) is 0. The number of nitrogens with zero attached hydrogens (tertiary/aromatic N) is 1. The molecule has 2 N–H and O–H groups in total. The van der Waals surface area contributed by atoms with Crippen molar-refractivity contribution in [2.45, 2.75) is 76.7 Å². The molecule has 1 aliphatic carbocycles. The predicted octanol–water partition coefficient (Wildman–Crippen LogP) is 3.55. The second kappa shape index (κ2) is 6.91. The van der Waals surface area contributed by atoms with Gasteiger partial charge in [0.15, 0.2) is 0 Å². The lowest BCUT2D eigenvalue weighted by Crippen LogP contribution is -2.56. The molecule has 0 amide bonds. The average molecular weight is 252 g/mol. The molecule has 2 heteroatoms. The maximum absolute atomic E-state index is 6.20. The molecule has 0 aromatic carbocycles. The molecule has 0 aromatic rings. The van der Waals surface area contributed by atoms with Crippen LogP contribution in [0.2, 0.25) is 0 Å². The van der Waals surface area contributed by atoms with Gasteiger partial charge >= 0.3 is 0 Å². The molecule has 1 saturated carbocycles. The Morgan fingerprint density at radius 1 is 1.06 bits per heavy atom. The lowest BCUT2D eigenvalue weighted by Gasteiger charge is -2.47. The van der Waals surface area contributed by atoms with E-state index in [0.717, 1.165) is 12.5 Å². The molecule has 1 heterocycles. The lowest BCUT2D eigenvalue weighted by molar-refractivity contribution is 0.0435.